The molecule has 2 aromatic carbocycles. The quantitative estimate of drug-likeness (QED) is 0.476. The van der Waals surface area contributed by atoms with Crippen molar-refractivity contribution >= 4 is 33.0 Å². The molecule has 1 aromatic heterocycles. The van der Waals surface area contributed by atoms with Gasteiger partial charge in [-0.2, -0.15) is 5.10 Å². The minimum Gasteiger partial charge on any atom is -0.253 e. The molecule has 0 aliphatic heterocycles. The van der Waals surface area contributed by atoms with Crippen molar-refractivity contribution in [1.29, 1.82) is 0 Å². The average Bonchev–Trinajstić information content (AvgIpc) is 3.01. The van der Waals surface area contributed by atoms with Gasteiger partial charge in [0.15, 0.2) is 0 Å². The van der Waals surface area contributed by atoms with E-state index in [2.05, 4.69) is 77.2 Å². The van der Waals surface area contributed by atoms with Crippen LogP contribution >= 0.6 is 11.3 Å². The Kier molecular flexibility index (Phi) is 4.72. The molecule has 3 aromatic rings. The number of hydrogen-bond donors (Lipinski definition) is 1. The first-order valence-electron chi connectivity index (χ1n) is 7.85. The average molecular weight is 323 g/mol. The molecule has 23 heavy (non-hydrogen) atoms. The Labute approximate surface area is 141 Å². The van der Waals surface area contributed by atoms with E-state index in [9.17, 15) is 0 Å². The molecule has 0 atom stereocenters. The van der Waals surface area contributed by atoms with Crippen molar-refractivity contribution in [2.45, 2.75) is 27.2 Å². The van der Waals surface area contributed by atoms with Crippen LogP contribution in [-0.2, 0) is 0 Å². The standard InChI is InChI=1S/C19H21N3S/c1-13(2)10-14(3)21-22-19-20-18(12-23-19)17-9-8-15-6-4-5-7-16(15)11-17/h4-9,11-13H,10H2,1-3H3,(H,20,22)/b21-14-. The Morgan fingerprint density at radius 1 is 1.17 bits per heavy atom. The molecule has 118 valence electrons. The van der Waals surface area contributed by atoms with Crippen molar-refractivity contribution < 1.29 is 0 Å². The van der Waals surface area contributed by atoms with Gasteiger partial charge in [0, 0.05) is 16.7 Å². The van der Waals surface area contributed by atoms with E-state index in [0.29, 0.717) is 5.92 Å². The molecule has 0 radical (unpaired) electrons. The largest absolute Gasteiger partial charge is 0.253 e. The summed E-state index contributed by atoms with van der Waals surface area (Å²) in [6, 6.07) is 14.8. The maximum atomic E-state index is 4.64. The summed E-state index contributed by atoms with van der Waals surface area (Å²) in [5.74, 6) is 0.616. The van der Waals surface area contributed by atoms with Crippen molar-refractivity contribution in [1.82, 2.24) is 4.98 Å². The summed E-state index contributed by atoms with van der Waals surface area (Å²) in [6.07, 6.45) is 0.996. The maximum absolute atomic E-state index is 4.64. The smallest absolute Gasteiger partial charge is 0.203 e. The minimum absolute atomic E-state index is 0.616. The summed E-state index contributed by atoms with van der Waals surface area (Å²) in [5, 5.41) is 9.79. The van der Waals surface area contributed by atoms with Crippen LogP contribution in [0.5, 0.6) is 0 Å². The summed E-state index contributed by atoms with van der Waals surface area (Å²) in [7, 11) is 0. The molecule has 0 bridgehead atoms. The van der Waals surface area contributed by atoms with E-state index in [4.69, 9.17) is 0 Å². The second-order valence-electron chi connectivity index (χ2n) is 6.16. The molecule has 0 saturated heterocycles. The number of hydrazone groups is 1. The van der Waals surface area contributed by atoms with E-state index in [1.54, 1.807) is 11.3 Å². The predicted octanol–water partition coefficient (Wildman–Crippen LogP) is 5.80. The van der Waals surface area contributed by atoms with E-state index in [-0.39, 0.29) is 0 Å². The Morgan fingerprint density at radius 2 is 1.96 bits per heavy atom. The van der Waals surface area contributed by atoms with Crippen LogP contribution in [0, 0.1) is 5.92 Å². The fraction of sp³-hybridized carbons (Fsp3) is 0.263. The van der Waals surface area contributed by atoms with Gasteiger partial charge >= 0.3 is 0 Å². The Bertz CT molecular complexity index is 833. The second-order valence-corrected chi connectivity index (χ2v) is 7.01. The zero-order valence-electron chi connectivity index (χ0n) is 13.7. The van der Waals surface area contributed by atoms with Crippen LogP contribution in [0.3, 0.4) is 0 Å². The number of hydrogen-bond acceptors (Lipinski definition) is 4. The number of rotatable bonds is 5. The third-order valence-corrected chi connectivity index (χ3v) is 4.34. The van der Waals surface area contributed by atoms with Crippen LogP contribution in [0.15, 0.2) is 52.9 Å². The Hall–Kier alpha value is -2.20. The lowest BCUT2D eigenvalue weighted by molar-refractivity contribution is 0.682. The van der Waals surface area contributed by atoms with Crippen LogP contribution in [0.25, 0.3) is 22.0 Å². The second kappa shape index (κ2) is 6.92. The molecule has 0 aliphatic rings. The highest BCUT2D eigenvalue weighted by molar-refractivity contribution is 7.14. The lowest BCUT2D eigenvalue weighted by Crippen LogP contribution is -2.01. The SMILES string of the molecule is C/C(CC(C)C)=N/Nc1nc(-c2ccc3ccccc3c2)cs1. The highest BCUT2D eigenvalue weighted by Crippen LogP contribution is 2.27. The monoisotopic (exact) mass is 323 g/mol. The molecule has 0 unspecified atom stereocenters. The summed E-state index contributed by atoms with van der Waals surface area (Å²) < 4.78 is 0. The molecule has 1 N–H and O–H groups in total. The Morgan fingerprint density at radius 3 is 2.74 bits per heavy atom. The van der Waals surface area contributed by atoms with Gasteiger partial charge in [0.05, 0.1) is 5.69 Å². The fourth-order valence-corrected chi connectivity index (χ4v) is 3.25. The van der Waals surface area contributed by atoms with E-state index in [0.717, 1.165) is 28.5 Å². The molecule has 3 rings (SSSR count). The minimum atomic E-state index is 0.616. The number of aromatic nitrogens is 1. The summed E-state index contributed by atoms with van der Waals surface area (Å²) >= 11 is 1.58. The van der Waals surface area contributed by atoms with Crippen LogP contribution in [0.2, 0.25) is 0 Å². The van der Waals surface area contributed by atoms with Gasteiger partial charge < -0.3 is 0 Å². The first kappa shape index (κ1) is 15.7. The number of anilines is 1. The van der Waals surface area contributed by atoms with Gasteiger partial charge in [0.25, 0.3) is 0 Å². The predicted molar refractivity (Wildman–Crippen MR) is 101 cm³/mol. The highest BCUT2D eigenvalue weighted by Gasteiger charge is 2.05. The third-order valence-electron chi connectivity index (χ3n) is 3.60. The van der Waals surface area contributed by atoms with E-state index < -0.39 is 0 Å². The van der Waals surface area contributed by atoms with Gasteiger partial charge in [-0.3, -0.25) is 5.43 Å². The van der Waals surface area contributed by atoms with Gasteiger partial charge in [0.1, 0.15) is 0 Å². The molecule has 4 heteroatoms. The first-order valence-corrected chi connectivity index (χ1v) is 8.73. The number of nitrogens with one attached hydrogen (secondary N) is 1. The molecule has 0 amide bonds. The number of thiazole rings is 1. The van der Waals surface area contributed by atoms with Crippen LogP contribution in [0.1, 0.15) is 27.2 Å². The normalized spacial score (nSPS) is 12.1. The third kappa shape index (κ3) is 3.96. The van der Waals surface area contributed by atoms with Gasteiger partial charge in [-0.15, -0.1) is 11.3 Å². The van der Waals surface area contributed by atoms with Crippen LogP contribution < -0.4 is 5.43 Å². The molecule has 0 saturated carbocycles. The lowest BCUT2D eigenvalue weighted by atomic mass is 10.1. The van der Waals surface area contributed by atoms with Crippen molar-refractivity contribution in [3.05, 3.63) is 47.8 Å². The summed E-state index contributed by atoms with van der Waals surface area (Å²) in [4.78, 5) is 4.64. The number of nitrogens with zero attached hydrogens (tertiary/aromatic N) is 2. The molecule has 0 spiro atoms. The Balaban J connectivity index is 1.78. The zero-order chi connectivity index (χ0) is 16.2. The number of benzene rings is 2. The van der Waals surface area contributed by atoms with Gasteiger partial charge in [-0.1, -0.05) is 50.2 Å². The highest BCUT2D eigenvalue weighted by atomic mass is 32.1. The molecule has 0 fully saturated rings. The van der Waals surface area contributed by atoms with Crippen molar-refractivity contribution in [2.24, 2.45) is 11.0 Å². The van der Waals surface area contributed by atoms with Crippen molar-refractivity contribution in [2.75, 3.05) is 5.43 Å². The van der Waals surface area contributed by atoms with Crippen LogP contribution in [0.4, 0.5) is 5.13 Å². The lowest BCUT2D eigenvalue weighted by Gasteiger charge is -2.03. The maximum Gasteiger partial charge on any atom is 0.203 e. The number of fused-ring (bicyclic) bond motifs is 1. The summed E-state index contributed by atoms with van der Waals surface area (Å²) in [5.41, 5.74) is 6.29. The van der Waals surface area contributed by atoms with E-state index >= 15 is 0 Å². The first-order chi connectivity index (χ1) is 11.1. The molecular formula is C19H21N3S. The van der Waals surface area contributed by atoms with Gasteiger partial charge in [0.2, 0.25) is 5.13 Å². The molecule has 3 nitrogen and oxygen atoms in total. The van der Waals surface area contributed by atoms with E-state index in [1.165, 1.54) is 10.8 Å². The van der Waals surface area contributed by atoms with Gasteiger partial charge in [-0.25, -0.2) is 4.98 Å². The van der Waals surface area contributed by atoms with Crippen molar-refractivity contribution in [3.8, 4) is 11.3 Å². The van der Waals surface area contributed by atoms with Crippen molar-refractivity contribution in [3.63, 3.8) is 0 Å². The fourth-order valence-electron chi connectivity index (χ4n) is 2.59. The zero-order valence-corrected chi connectivity index (χ0v) is 14.5. The molecular weight excluding hydrogens is 302 g/mol. The van der Waals surface area contributed by atoms with E-state index in [1.807, 2.05) is 6.92 Å². The summed E-state index contributed by atoms with van der Waals surface area (Å²) in [6.45, 7) is 6.44. The van der Waals surface area contributed by atoms with Crippen LogP contribution in [-0.4, -0.2) is 10.7 Å². The molecule has 1 heterocycles. The topological polar surface area (TPSA) is 37.3 Å². The molecule has 0 aliphatic carbocycles. The van der Waals surface area contributed by atoms with Gasteiger partial charge in [-0.05, 0) is 36.1 Å².